The van der Waals surface area contributed by atoms with E-state index >= 15 is 0 Å². The van der Waals surface area contributed by atoms with Gasteiger partial charge in [0, 0.05) is 16.9 Å². The highest BCUT2D eigenvalue weighted by Gasteiger charge is 2.05. The summed E-state index contributed by atoms with van der Waals surface area (Å²) in [7, 11) is 0. The molecular formula is C11H13N5O. The predicted octanol–water partition coefficient (Wildman–Crippen LogP) is 1.20. The second-order valence-corrected chi connectivity index (χ2v) is 3.64. The zero-order valence-corrected chi connectivity index (χ0v) is 9.40. The first-order valence-electron chi connectivity index (χ1n) is 5.15. The van der Waals surface area contributed by atoms with Gasteiger partial charge in [-0.2, -0.15) is 5.10 Å². The lowest BCUT2D eigenvalue weighted by atomic mass is 10.1. The zero-order chi connectivity index (χ0) is 12.3. The molecule has 4 N–H and O–H groups in total. The number of aromatic amines is 1. The molecule has 1 aromatic heterocycles. The van der Waals surface area contributed by atoms with Crippen LogP contribution in [0.4, 0.5) is 11.4 Å². The van der Waals surface area contributed by atoms with Gasteiger partial charge in [0.25, 0.3) is 0 Å². The van der Waals surface area contributed by atoms with Crippen LogP contribution in [0, 0.1) is 0 Å². The monoisotopic (exact) mass is 231 g/mol. The van der Waals surface area contributed by atoms with Crippen molar-refractivity contribution >= 4 is 17.2 Å². The molecule has 1 aromatic carbocycles. The summed E-state index contributed by atoms with van der Waals surface area (Å²) in [5, 5.41) is 9.61. The number of carbonyl (C=O) groups excluding carboxylic acids is 1. The maximum Gasteiger partial charge on any atom is 0.161 e. The molecule has 6 heteroatoms. The minimum absolute atomic E-state index is 0.0502. The molecule has 0 aliphatic rings. The molecule has 0 fully saturated rings. The van der Waals surface area contributed by atoms with Crippen molar-refractivity contribution in [3.63, 3.8) is 0 Å². The fourth-order valence-electron chi connectivity index (χ4n) is 1.47. The molecule has 0 unspecified atom stereocenters. The van der Waals surface area contributed by atoms with Gasteiger partial charge in [-0.1, -0.05) is 0 Å². The molecule has 2 rings (SSSR count). The number of rotatable bonds is 4. The molecule has 0 bridgehead atoms. The van der Waals surface area contributed by atoms with E-state index in [4.69, 9.17) is 5.73 Å². The number of H-pyrrole nitrogens is 1. The number of ketones is 1. The first-order chi connectivity index (χ1) is 8.16. The van der Waals surface area contributed by atoms with Crippen molar-refractivity contribution in [3.8, 4) is 0 Å². The van der Waals surface area contributed by atoms with Crippen LogP contribution in [-0.4, -0.2) is 21.0 Å². The van der Waals surface area contributed by atoms with Gasteiger partial charge in [0.15, 0.2) is 5.78 Å². The number of nitrogens with zero attached hydrogens (tertiary/aromatic N) is 2. The van der Waals surface area contributed by atoms with Crippen LogP contribution in [0.5, 0.6) is 0 Å². The first-order valence-corrected chi connectivity index (χ1v) is 5.15. The number of hydrogen-bond donors (Lipinski definition) is 3. The molecule has 0 radical (unpaired) electrons. The maximum atomic E-state index is 11.3. The zero-order valence-electron chi connectivity index (χ0n) is 9.40. The molecule has 2 aromatic rings. The lowest BCUT2D eigenvalue weighted by Gasteiger charge is -2.07. The Morgan fingerprint density at radius 2 is 2.35 bits per heavy atom. The van der Waals surface area contributed by atoms with Crippen LogP contribution in [0.25, 0.3) is 0 Å². The highest BCUT2D eigenvalue weighted by Crippen LogP contribution is 2.18. The molecular weight excluding hydrogens is 218 g/mol. The van der Waals surface area contributed by atoms with E-state index in [9.17, 15) is 4.79 Å². The van der Waals surface area contributed by atoms with Gasteiger partial charge in [0.1, 0.15) is 12.2 Å². The summed E-state index contributed by atoms with van der Waals surface area (Å²) in [5.41, 5.74) is 7.53. The molecule has 0 saturated carbocycles. The minimum atomic E-state index is -0.0502. The number of hydrogen-bond acceptors (Lipinski definition) is 5. The predicted molar refractivity (Wildman–Crippen MR) is 64.6 cm³/mol. The van der Waals surface area contributed by atoms with Crippen LogP contribution in [0.15, 0.2) is 24.5 Å². The summed E-state index contributed by atoms with van der Waals surface area (Å²) in [6, 6.07) is 5.26. The van der Waals surface area contributed by atoms with Crippen LogP contribution in [0.3, 0.4) is 0 Å². The van der Waals surface area contributed by atoms with E-state index in [1.54, 1.807) is 12.1 Å². The number of carbonyl (C=O) groups is 1. The quantitative estimate of drug-likeness (QED) is 0.542. The van der Waals surface area contributed by atoms with Gasteiger partial charge >= 0.3 is 0 Å². The topological polar surface area (TPSA) is 96.7 Å². The third-order valence-corrected chi connectivity index (χ3v) is 2.36. The van der Waals surface area contributed by atoms with Crippen molar-refractivity contribution in [2.24, 2.45) is 0 Å². The van der Waals surface area contributed by atoms with Crippen LogP contribution >= 0.6 is 0 Å². The average Bonchev–Trinajstić information content (AvgIpc) is 2.80. The van der Waals surface area contributed by atoms with Crippen molar-refractivity contribution in [2.45, 2.75) is 13.5 Å². The highest BCUT2D eigenvalue weighted by molar-refractivity contribution is 5.99. The van der Waals surface area contributed by atoms with E-state index in [1.165, 1.54) is 13.3 Å². The lowest BCUT2D eigenvalue weighted by molar-refractivity contribution is 0.101. The van der Waals surface area contributed by atoms with Crippen molar-refractivity contribution in [2.75, 3.05) is 11.1 Å². The Morgan fingerprint density at radius 1 is 1.53 bits per heavy atom. The number of nitrogens with two attached hydrogens (primary N) is 1. The largest absolute Gasteiger partial charge is 0.398 e. The lowest BCUT2D eigenvalue weighted by Crippen LogP contribution is -2.04. The molecule has 6 nitrogen and oxygen atoms in total. The Labute approximate surface area is 98.3 Å². The number of Topliss-reactive ketones (excluding diaryl/α,β-unsaturated/α-hetero) is 1. The third-order valence-electron chi connectivity index (χ3n) is 2.36. The van der Waals surface area contributed by atoms with Crippen LogP contribution in [-0.2, 0) is 6.54 Å². The average molecular weight is 231 g/mol. The van der Waals surface area contributed by atoms with E-state index in [0.29, 0.717) is 17.8 Å². The Morgan fingerprint density at radius 3 is 3.00 bits per heavy atom. The molecule has 0 amide bonds. The van der Waals surface area contributed by atoms with Gasteiger partial charge in [-0.15, -0.1) is 0 Å². The minimum Gasteiger partial charge on any atom is -0.398 e. The Bertz CT molecular complexity index is 521. The highest BCUT2D eigenvalue weighted by atomic mass is 16.1. The maximum absolute atomic E-state index is 11.3. The summed E-state index contributed by atoms with van der Waals surface area (Å²) >= 11 is 0. The van der Waals surface area contributed by atoms with Crippen LogP contribution < -0.4 is 11.1 Å². The van der Waals surface area contributed by atoms with Gasteiger partial charge in [0.2, 0.25) is 0 Å². The van der Waals surface area contributed by atoms with Crippen molar-refractivity contribution in [3.05, 3.63) is 35.9 Å². The van der Waals surface area contributed by atoms with E-state index in [1.807, 2.05) is 6.07 Å². The standard InChI is InChI=1S/C11H13N5O/c1-7(17)9-4-8(2-3-10(9)12)13-5-11-14-6-15-16-11/h2-4,6,13H,5,12H2,1H3,(H,14,15,16). The van der Waals surface area contributed by atoms with Gasteiger partial charge < -0.3 is 11.1 Å². The summed E-state index contributed by atoms with van der Waals surface area (Å²) in [6.45, 7) is 2.01. The molecule has 0 saturated heterocycles. The summed E-state index contributed by atoms with van der Waals surface area (Å²) < 4.78 is 0. The first kappa shape index (κ1) is 11.1. The number of aromatic nitrogens is 3. The molecule has 88 valence electrons. The van der Waals surface area contributed by atoms with E-state index < -0.39 is 0 Å². The molecule has 0 atom stereocenters. The number of benzene rings is 1. The fraction of sp³-hybridized carbons (Fsp3) is 0.182. The second-order valence-electron chi connectivity index (χ2n) is 3.64. The fourth-order valence-corrected chi connectivity index (χ4v) is 1.47. The Kier molecular flexibility index (Phi) is 3.04. The number of nitrogens with one attached hydrogen (secondary N) is 2. The summed E-state index contributed by atoms with van der Waals surface area (Å²) in [6.07, 6.45) is 1.45. The molecule has 1 heterocycles. The Balaban J connectivity index is 2.11. The number of anilines is 2. The van der Waals surface area contributed by atoms with E-state index in [-0.39, 0.29) is 5.78 Å². The van der Waals surface area contributed by atoms with Crippen LogP contribution in [0.1, 0.15) is 23.1 Å². The summed E-state index contributed by atoms with van der Waals surface area (Å²) in [4.78, 5) is 15.3. The summed E-state index contributed by atoms with van der Waals surface area (Å²) in [5.74, 6) is 0.678. The molecule has 0 spiro atoms. The van der Waals surface area contributed by atoms with E-state index in [0.717, 1.165) is 11.5 Å². The van der Waals surface area contributed by atoms with E-state index in [2.05, 4.69) is 20.5 Å². The van der Waals surface area contributed by atoms with Crippen molar-refractivity contribution < 1.29 is 4.79 Å². The smallest absolute Gasteiger partial charge is 0.161 e. The van der Waals surface area contributed by atoms with Crippen LogP contribution in [0.2, 0.25) is 0 Å². The molecule has 0 aliphatic carbocycles. The van der Waals surface area contributed by atoms with Crippen molar-refractivity contribution in [1.29, 1.82) is 0 Å². The second kappa shape index (κ2) is 4.65. The van der Waals surface area contributed by atoms with Gasteiger partial charge in [-0.05, 0) is 25.1 Å². The van der Waals surface area contributed by atoms with Gasteiger partial charge in [-0.3, -0.25) is 9.89 Å². The van der Waals surface area contributed by atoms with Crippen molar-refractivity contribution in [1.82, 2.24) is 15.2 Å². The molecule has 17 heavy (non-hydrogen) atoms. The number of nitrogen functional groups attached to an aromatic ring is 1. The molecule has 0 aliphatic heterocycles. The van der Waals surface area contributed by atoms with Gasteiger partial charge in [0.05, 0.1) is 6.54 Å². The SMILES string of the molecule is CC(=O)c1cc(NCc2ncn[nH]2)ccc1N. The normalized spacial score (nSPS) is 10.2. The third kappa shape index (κ3) is 2.60. The van der Waals surface area contributed by atoms with Gasteiger partial charge in [-0.25, -0.2) is 4.98 Å². The Hall–Kier alpha value is -2.37.